The van der Waals surface area contributed by atoms with Gasteiger partial charge in [0.25, 0.3) is 0 Å². The minimum absolute atomic E-state index is 0.0394. The van der Waals surface area contributed by atoms with E-state index in [2.05, 4.69) is 12.2 Å². The Balaban J connectivity index is 2.58. The van der Waals surface area contributed by atoms with Gasteiger partial charge in [0.2, 0.25) is 5.91 Å². The molecule has 0 aromatic heterocycles. The highest BCUT2D eigenvalue weighted by Gasteiger charge is 2.28. The molecule has 1 aliphatic heterocycles. The van der Waals surface area contributed by atoms with Gasteiger partial charge in [-0.05, 0) is 6.42 Å². The number of carbonyl (C=O) groups is 1. The van der Waals surface area contributed by atoms with Gasteiger partial charge < -0.3 is 16.0 Å². The number of rotatable bonds is 4. The average molecular weight is 213 g/mol. The molecular weight excluding hydrogens is 190 g/mol. The summed E-state index contributed by atoms with van der Waals surface area (Å²) in [5.41, 5.74) is 5.54. The SMILES string of the molecule is CCCC1CNCCN1C(=O)C(C)CN. The number of amides is 1. The lowest BCUT2D eigenvalue weighted by Crippen LogP contribution is -2.55. The largest absolute Gasteiger partial charge is 0.337 e. The van der Waals surface area contributed by atoms with Crippen LogP contribution >= 0.6 is 0 Å². The number of hydrogen-bond donors (Lipinski definition) is 2. The molecule has 2 unspecified atom stereocenters. The second-order valence-electron chi connectivity index (χ2n) is 4.32. The fourth-order valence-electron chi connectivity index (χ4n) is 2.03. The van der Waals surface area contributed by atoms with E-state index in [1.165, 1.54) is 0 Å². The Morgan fingerprint density at radius 1 is 1.67 bits per heavy atom. The zero-order valence-corrected chi connectivity index (χ0v) is 9.83. The van der Waals surface area contributed by atoms with E-state index >= 15 is 0 Å². The van der Waals surface area contributed by atoms with Crippen molar-refractivity contribution < 1.29 is 4.79 Å². The molecular formula is C11H23N3O. The molecule has 4 heteroatoms. The molecule has 4 nitrogen and oxygen atoms in total. The Morgan fingerprint density at radius 2 is 2.40 bits per heavy atom. The molecule has 0 saturated carbocycles. The molecule has 1 fully saturated rings. The van der Waals surface area contributed by atoms with Gasteiger partial charge in [0.05, 0.1) is 0 Å². The Hall–Kier alpha value is -0.610. The van der Waals surface area contributed by atoms with Gasteiger partial charge in [-0.3, -0.25) is 4.79 Å². The van der Waals surface area contributed by atoms with E-state index in [1.807, 2.05) is 11.8 Å². The van der Waals surface area contributed by atoms with Crippen molar-refractivity contribution in [2.24, 2.45) is 11.7 Å². The van der Waals surface area contributed by atoms with Crippen molar-refractivity contribution in [3.8, 4) is 0 Å². The summed E-state index contributed by atoms with van der Waals surface area (Å²) < 4.78 is 0. The van der Waals surface area contributed by atoms with Crippen molar-refractivity contribution in [3.05, 3.63) is 0 Å². The molecule has 0 aromatic carbocycles. The molecule has 0 aromatic rings. The predicted molar refractivity (Wildman–Crippen MR) is 61.5 cm³/mol. The van der Waals surface area contributed by atoms with Crippen LogP contribution in [-0.4, -0.2) is 43.0 Å². The van der Waals surface area contributed by atoms with Crippen LogP contribution in [0.4, 0.5) is 0 Å². The highest BCUT2D eigenvalue weighted by Crippen LogP contribution is 2.13. The molecule has 2 atom stereocenters. The molecule has 1 heterocycles. The zero-order chi connectivity index (χ0) is 11.3. The van der Waals surface area contributed by atoms with Crippen molar-refractivity contribution in [1.29, 1.82) is 0 Å². The Labute approximate surface area is 92.2 Å². The van der Waals surface area contributed by atoms with Gasteiger partial charge in [-0.1, -0.05) is 20.3 Å². The minimum atomic E-state index is -0.0394. The van der Waals surface area contributed by atoms with E-state index < -0.39 is 0 Å². The molecule has 0 spiro atoms. The third kappa shape index (κ3) is 3.18. The summed E-state index contributed by atoms with van der Waals surface area (Å²) in [6.07, 6.45) is 2.20. The van der Waals surface area contributed by atoms with Crippen LogP contribution in [-0.2, 0) is 4.79 Å². The molecule has 1 saturated heterocycles. The first-order valence-corrected chi connectivity index (χ1v) is 5.92. The Kier molecular flexibility index (Phi) is 5.05. The van der Waals surface area contributed by atoms with E-state index in [0.29, 0.717) is 12.6 Å². The fourth-order valence-corrected chi connectivity index (χ4v) is 2.03. The molecule has 0 bridgehead atoms. The third-order valence-electron chi connectivity index (χ3n) is 3.03. The van der Waals surface area contributed by atoms with Gasteiger partial charge in [-0.25, -0.2) is 0 Å². The smallest absolute Gasteiger partial charge is 0.227 e. The second-order valence-corrected chi connectivity index (χ2v) is 4.32. The maximum Gasteiger partial charge on any atom is 0.227 e. The van der Waals surface area contributed by atoms with Crippen LogP contribution in [0.1, 0.15) is 26.7 Å². The van der Waals surface area contributed by atoms with Crippen LogP contribution in [0.3, 0.4) is 0 Å². The first-order chi connectivity index (χ1) is 7.20. The quantitative estimate of drug-likeness (QED) is 0.700. The third-order valence-corrected chi connectivity index (χ3v) is 3.03. The molecule has 1 rings (SSSR count). The lowest BCUT2D eigenvalue weighted by molar-refractivity contribution is -0.138. The van der Waals surface area contributed by atoms with Gasteiger partial charge in [-0.2, -0.15) is 0 Å². The summed E-state index contributed by atoms with van der Waals surface area (Å²) in [6.45, 7) is 7.17. The normalized spacial score (nSPS) is 23.9. The molecule has 1 amide bonds. The molecule has 15 heavy (non-hydrogen) atoms. The van der Waals surface area contributed by atoms with Crippen LogP contribution < -0.4 is 11.1 Å². The summed E-state index contributed by atoms with van der Waals surface area (Å²) in [5, 5.41) is 3.34. The van der Waals surface area contributed by atoms with E-state index in [4.69, 9.17) is 5.73 Å². The Morgan fingerprint density at radius 3 is 3.00 bits per heavy atom. The zero-order valence-electron chi connectivity index (χ0n) is 9.83. The highest BCUT2D eigenvalue weighted by molar-refractivity contribution is 5.79. The fraction of sp³-hybridized carbons (Fsp3) is 0.909. The van der Waals surface area contributed by atoms with E-state index in [9.17, 15) is 4.79 Å². The van der Waals surface area contributed by atoms with Gasteiger partial charge in [-0.15, -0.1) is 0 Å². The average Bonchev–Trinajstić information content (AvgIpc) is 2.28. The molecule has 88 valence electrons. The number of piperazine rings is 1. The van der Waals surface area contributed by atoms with Crippen molar-refractivity contribution in [2.45, 2.75) is 32.7 Å². The first kappa shape index (κ1) is 12.5. The first-order valence-electron chi connectivity index (χ1n) is 5.92. The summed E-state index contributed by atoms with van der Waals surface area (Å²) in [7, 11) is 0. The van der Waals surface area contributed by atoms with Gasteiger partial charge in [0.15, 0.2) is 0 Å². The molecule has 0 radical (unpaired) electrons. The number of carbonyl (C=O) groups excluding carboxylic acids is 1. The van der Waals surface area contributed by atoms with Crippen LogP contribution in [0.15, 0.2) is 0 Å². The van der Waals surface area contributed by atoms with Crippen molar-refractivity contribution in [2.75, 3.05) is 26.2 Å². The van der Waals surface area contributed by atoms with Gasteiger partial charge in [0.1, 0.15) is 0 Å². The molecule has 1 aliphatic rings. The van der Waals surface area contributed by atoms with E-state index in [-0.39, 0.29) is 11.8 Å². The summed E-state index contributed by atoms with van der Waals surface area (Å²) in [5.74, 6) is 0.180. The lowest BCUT2D eigenvalue weighted by atomic mass is 10.0. The van der Waals surface area contributed by atoms with Crippen molar-refractivity contribution >= 4 is 5.91 Å². The number of nitrogens with one attached hydrogen (secondary N) is 1. The van der Waals surface area contributed by atoms with Crippen molar-refractivity contribution in [1.82, 2.24) is 10.2 Å². The maximum absolute atomic E-state index is 12.0. The van der Waals surface area contributed by atoms with E-state index in [0.717, 1.165) is 32.5 Å². The van der Waals surface area contributed by atoms with E-state index in [1.54, 1.807) is 0 Å². The standard InChI is InChI=1S/C11H23N3O/c1-3-4-10-8-13-5-6-14(10)11(15)9(2)7-12/h9-10,13H,3-8,12H2,1-2H3. The number of nitrogens with two attached hydrogens (primary N) is 1. The predicted octanol–water partition coefficient (Wildman–Crippen LogP) is 0.182. The summed E-state index contributed by atoms with van der Waals surface area (Å²) in [6, 6.07) is 0.366. The van der Waals surface area contributed by atoms with Gasteiger partial charge in [0, 0.05) is 38.1 Å². The summed E-state index contributed by atoms with van der Waals surface area (Å²) in [4.78, 5) is 14.0. The van der Waals surface area contributed by atoms with Crippen LogP contribution in [0.25, 0.3) is 0 Å². The highest BCUT2D eigenvalue weighted by atomic mass is 16.2. The Bertz CT molecular complexity index is 206. The van der Waals surface area contributed by atoms with Crippen molar-refractivity contribution in [3.63, 3.8) is 0 Å². The topological polar surface area (TPSA) is 58.4 Å². The maximum atomic E-state index is 12.0. The van der Waals surface area contributed by atoms with Crippen LogP contribution in [0, 0.1) is 5.92 Å². The second kappa shape index (κ2) is 6.08. The summed E-state index contributed by atoms with van der Waals surface area (Å²) >= 11 is 0. The molecule has 3 N–H and O–H groups in total. The number of nitrogens with zero attached hydrogens (tertiary/aromatic N) is 1. The number of hydrogen-bond acceptors (Lipinski definition) is 3. The molecule has 0 aliphatic carbocycles. The van der Waals surface area contributed by atoms with Crippen LogP contribution in [0.2, 0.25) is 0 Å². The monoisotopic (exact) mass is 213 g/mol. The lowest BCUT2D eigenvalue weighted by Gasteiger charge is -2.37. The van der Waals surface area contributed by atoms with Crippen LogP contribution in [0.5, 0.6) is 0 Å². The minimum Gasteiger partial charge on any atom is -0.337 e. The van der Waals surface area contributed by atoms with Gasteiger partial charge >= 0.3 is 0 Å².